The van der Waals surface area contributed by atoms with E-state index < -0.39 is 10.0 Å². The van der Waals surface area contributed by atoms with Crippen LogP contribution in [0, 0.1) is 0 Å². The van der Waals surface area contributed by atoms with Crippen molar-refractivity contribution in [2.24, 2.45) is 0 Å². The molecule has 0 aromatic heterocycles. The first-order valence-corrected chi connectivity index (χ1v) is 8.31. The van der Waals surface area contributed by atoms with Gasteiger partial charge < -0.3 is 14.8 Å². The fourth-order valence-electron chi connectivity index (χ4n) is 1.80. The lowest BCUT2D eigenvalue weighted by molar-refractivity contribution is 0.0834. The number of nitrogens with one attached hydrogen (secondary N) is 2. The summed E-state index contributed by atoms with van der Waals surface area (Å²) in [5.74, 6) is 0.659. The first-order chi connectivity index (χ1) is 9.90. The van der Waals surface area contributed by atoms with Gasteiger partial charge in [-0.3, -0.25) is 0 Å². The zero-order valence-corrected chi connectivity index (χ0v) is 13.8. The van der Waals surface area contributed by atoms with Crippen molar-refractivity contribution in [3.05, 3.63) is 23.8 Å². The average molecular weight is 316 g/mol. The quantitative estimate of drug-likeness (QED) is 0.668. The van der Waals surface area contributed by atoms with Crippen molar-refractivity contribution in [3.63, 3.8) is 0 Å². The Morgan fingerprint density at radius 3 is 2.57 bits per heavy atom. The smallest absolute Gasteiger partial charge is 0.240 e. The van der Waals surface area contributed by atoms with Crippen LogP contribution in [0.15, 0.2) is 23.1 Å². The SMILES string of the molecule is CNCc1cc(S(=O)(=O)NCCOC(C)C)ccc1OC. The molecule has 1 rings (SSSR count). The van der Waals surface area contributed by atoms with Gasteiger partial charge in [0, 0.05) is 18.7 Å². The Balaban J connectivity index is 2.80. The zero-order valence-electron chi connectivity index (χ0n) is 13.0. The Morgan fingerprint density at radius 2 is 2.00 bits per heavy atom. The van der Waals surface area contributed by atoms with Crippen molar-refractivity contribution in [1.29, 1.82) is 0 Å². The fourth-order valence-corrected chi connectivity index (χ4v) is 2.87. The Hall–Kier alpha value is -1.15. The van der Waals surface area contributed by atoms with E-state index in [9.17, 15) is 8.42 Å². The van der Waals surface area contributed by atoms with Crippen LogP contribution in [0.4, 0.5) is 0 Å². The number of methoxy groups -OCH3 is 1. The summed E-state index contributed by atoms with van der Waals surface area (Å²) in [5, 5.41) is 2.99. The van der Waals surface area contributed by atoms with Crippen LogP contribution < -0.4 is 14.8 Å². The van der Waals surface area contributed by atoms with Crippen molar-refractivity contribution in [2.45, 2.75) is 31.4 Å². The second-order valence-electron chi connectivity index (χ2n) is 4.82. The molecule has 0 radical (unpaired) electrons. The molecule has 7 heteroatoms. The summed E-state index contributed by atoms with van der Waals surface area (Å²) in [5.41, 5.74) is 0.793. The maximum Gasteiger partial charge on any atom is 0.240 e. The number of hydrogen-bond acceptors (Lipinski definition) is 5. The lowest BCUT2D eigenvalue weighted by atomic mass is 10.2. The monoisotopic (exact) mass is 316 g/mol. The second-order valence-corrected chi connectivity index (χ2v) is 6.59. The van der Waals surface area contributed by atoms with E-state index in [-0.39, 0.29) is 17.5 Å². The van der Waals surface area contributed by atoms with Crippen molar-refractivity contribution in [1.82, 2.24) is 10.0 Å². The Labute approximate surface area is 126 Å². The summed E-state index contributed by atoms with van der Waals surface area (Å²) in [6, 6.07) is 4.80. The van der Waals surface area contributed by atoms with Gasteiger partial charge in [-0.1, -0.05) is 0 Å². The molecular weight excluding hydrogens is 292 g/mol. The molecule has 1 aromatic rings. The molecule has 2 N–H and O–H groups in total. The molecule has 6 nitrogen and oxygen atoms in total. The van der Waals surface area contributed by atoms with E-state index in [0.717, 1.165) is 5.56 Å². The molecular formula is C14H24N2O4S. The van der Waals surface area contributed by atoms with Crippen LogP contribution in [0.1, 0.15) is 19.4 Å². The fraction of sp³-hybridized carbons (Fsp3) is 0.571. The van der Waals surface area contributed by atoms with Gasteiger partial charge in [-0.05, 0) is 39.1 Å². The minimum absolute atomic E-state index is 0.0812. The number of benzene rings is 1. The van der Waals surface area contributed by atoms with Gasteiger partial charge in [0.15, 0.2) is 0 Å². The van der Waals surface area contributed by atoms with Gasteiger partial charge in [0.1, 0.15) is 5.75 Å². The standard InChI is InChI=1S/C14H24N2O4S/c1-11(2)20-8-7-16-21(17,18)13-5-6-14(19-4)12(9-13)10-15-3/h5-6,9,11,15-16H,7-8,10H2,1-4H3. The van der Waals surface area contributed by atoms with Gasteiger partial charge in [0.2, 0.25) is 10.0 Å². The molecule has 21 heavy (non-hydrogen) atoms. The van der Waals surface area contributed by atoms with Crippen LogP contribution in [0.25, 0.3) is 0 Å². The highest BCUT2D eigenvalue weighted by atomic mass is 32.2. The highest BCUT2D eigenvalue weighted by molar-refractivity contribution is 7.89. The lowest BCUT2D eigenvalue weighted by Crippen LogP contribution is -2.28. The van der Waals surface area contributed by atoms with Gasteiger partial charge >= 0.3 is 0 Å². The molecule has 0 saturated carbocycles. The minimum atomic E-state index is -3.54. The molecule has 0 unspecified atom stereocenters. The number of hydrogen-bond donors (Lipinski definition) is 2. The van der Waals surface area contributed by atoms with Crippen LogP contribution in [0.3, 0.4) is 0 Å². The van der Waals surface area contributed by atoms with Crippen molar-refractivity contribution < 1.29 is 17.9 Å². The van der Waals surface area contributed by atoms with E-state index >= 15 is 0 Å². The molecule has 120 valence electrons. The summed E-state index contributed by atoms with van der Waals surface area (Å²) >= 11 is 0. The summed E-state index contributed by atoms with van der Waals surface area (Å²) in [4.78, 5) is 0.220. The van der Waals surface area contributed by atoms with E-state index in [1.54, 1.807) is 26.3 Å². The second kappa shape index (κ2) is 8.33. The summed E-state index contributed by atoms with van der Waals surface area (Å²) in [6.45, 7) is 4.93. The number of rotatable bonds is 9. The lowest BCUT2D eigenvalue weighted by Gasteiger charge is -2.12. The zero-order chi connectivity index (χ0) is 15.9. The van der Waals surface area contributed by atoms with E-state index in [1.807, 2.05) is 13.8 Å². The first kappa shape index (κ1) is 17.9. The molecule has 1 aromatic carbocycles. The Morgan fingerprint density at radius 1 is 1.29 bits per heavy atom. The molecule has 0 fully saturated rings. The van der Waals surface area contributed by atoms with Crippen LogP contribution >= 0.6 is 0 Å². The number of ether oxygens (including phenoxy) is 2. The molecule has 0 spiro atoms. The Kier molecular flexibility index (Phi) is 7.10. The highest BCUT2D eigenvalue weighted by Gasteiger charge is 2.15. The molecule has 0 aliphatic heterocycles. The maximum absolute atomic E-state index is 12.2. The van der Waals surface area contributed by atoms with Gasteiger partial charge in [-0.15, -0.1) is 0 Å². The number of sulfonamides is 1. The normalized spacial score (nSPS) is 11.9. The summed E-state index contributed by atoms with van der Waals surface area (Å²) < 4.78 is 37.5. The predicted octanol–water partition coefficient (Wildman–Crippen LogP) is 1.12. The topological polar surface area (TPSA) is 76.7 Å². The predicted molar refractivity (Wildman–Crippen MR) is 82.0 cm³/mol. The Bertz CT molecular complexity index is 544. The third-order valence-corrected chi connectivity index (χ3v) is 4.23. The van der Waals surface area contributed by atoms with Crippen molar-refractivity contribution in [2.75, 3.05) is 27.3 Å². The van der Waals surface area contributed by atoms with Crippen LogP contribution in [-0.2, 0) is 21.3 Å². The van der Waals surface area contributed by atoms with Crippen molar-refractivity contribution >= 4 is 10.0 Å². The van der Waals surface area contributed by atoms with E-state index in [4.69, 9.17) is 9.47 Å². The van der Waals surface area contributed by atoms with E-state index in [1.165, 1.54) is 6.07 Å². The van der Waals surface area contributed by atoms with Crippen LogP contribution in [-0.4, -0.2) is 41.8 Å². The molecule has 0 amide bonds. The van der Waals surface area contributed by atoms with Crippen molar-refractivity contribution in [3.8, 4) is 5.75 Å². The van der Waals surface area contributed by atoms with Gasteiger partial charge in [-0.25, -0.2) is 13.1 Å². The van der Waals surface area contributed by atoms with Crippen LogP contribution in [0.2, 0.25) is 0 Å². The van der Waals surface area contributed by atoms with Gasteiger partial charge in [0.05, 0.1) is 24.7 Å². The average Bonchev–Trinajstić information content (AvgIpc) is 2.44. The molecule has 0 heterocycles. The summed E-state index contributed by atoms with van der Waals surface area (Å²) in [6.07, 6.45) is 0.0812. The molecule has 0 aliphatic rings. The third kappa shape index (κ3) is 5.62. The van der Waals surface area contributed by atoms with E-state index in [0.29, 0.717) is 18.9 Å². The first-order valence-electron chi connectivity index (χ1n) is 6.83. The minimum Gasteiger partial charge on any atom is -0.496 e. The van der Waals surface area contributed by atoms with Gasteiger partial charge in [-0.2, -0.15) is 0 Å². The molecule has 0 saturated heterocycles. The molecule has 0 bridgehead atoms. The van der Waals surface area contributed by atoms with Crippen LogP contribution in [0.5, 0.6) is 5.75 Å². The van der Waals surface area contributed by atoms with E-state index in [2.05, 4.69) is 10.0 Å². The summed E-state index contributed by atoms with van der Waals surface area (Å²) in [7, 11) is -0.184. The largest absolute Gasteiger partial charge is 0.496 e. The third-order valence-electron chi connectivity index (χ3n) is 2.77. The molecule has 0 aliphatic carbocycles. The highest BCUT2D eigenvalue weighted by Crippen LogP contribution is 2.22. The molecule has 0 atom stereocenters. The maximum atomic E-state index is 12.2. The van der Waals surface area contributed by atoms with Gasteiger partial charge in [0.25, 0.3) is 0 Å².